The lowest BCUT2D eigenvalue weighted by atomic mass is 10.1. The zero-order chi connectivity index (χ0) is 16.7. The topological polar surface area (TPSA) is 36.4 Å². The molecule has 0 bridgehead atoms. The summed E-state index contributed by atoms with van der Waals surface area (Å²) in [6, 6.07) is 8.59. The monoisotopic (exact) mass is 311 g/mol. The Balaban J connectivity index is 1.93. The number of likely N-dealkylation sites (N-methyl/N-ethyl adjacent to an activating group) is 1. The first-order valence-corrected chi connectivity index (χ1v) is 8.20. The average Bonchev–Trinajstić information content (AvgIpc) is 2.88. The molecule has 2 aromatic rings. The van der Waals surface area contributed by atoms with Crippen LogP contribution in [0.2, 0.25) is 0 Å². The van der Waals surface area contributed by atoms with E-state index in [0.29, 0.717) is 12.0 Å². The van der Waals surface area contributed by atoms with Gasteiger partial charge in [-0.25, -0.2) is 0 Å². The third kappa shape index (κ3) is 2.95. The molecule has 0 N–H and O–H groups in total. The maximum absolute atomic E-state index is 13.0. The summed E-state index contributed by atoms with van der Waals surface area (Å²) >= 11 is 0. The highest BCUT2D eigenvalue weighted by atomic mass is 16.2. The standard InChI is InChI=1S/C19H25N3O/c1-12-6-7-17-15(8-12)9-16(14(3)20-17)19(23)22-10-13(2)18(11-22)21(4)5/h6-9,13,18H,10-11H2,1-5H3. The van der Waals surface area contributed by atoms with E-state index in [1.807, 2.05) is 24.0 Å². The Kier molecular flexibility index (Phi) is 4.11. The second-order valence-corrected chi connectivity index (χ2v) is 7.04. The normalized spacial score (nSPS) is 21.4. The molecule has 1 saturated heterocycles. The molecular weight excluding hydrogens is 286 g/mol. The fraction of sp³-hybridized carbons (Fsp3) is 0.474. The largest absolute Gasteiger partial charge is 0.337 e. The molecule has 0 aliphatic carbocycles. The summed E-state index contributed by atoms with van der Waals surface area (Å²) in [4.78, 5) is 21.8. The first-order valence-electron chi connectivity index (χ1n) is 8.20. The van der Waals surface area contributed by atoms with E-state index in [0.717, 1.165) is 35.2 Å². The van der Waals surface area contributed by atoms with E-state index >= 15 is 0 Å². The van der Waals surface area contributed by atoms with Crippen LogP contribution in [0.25, 0.3) is 10.9 Å². The van der Waals surface area contributed by atoms with Gasteiger partial charge < -0.3 is 9.80 Å². The molecule has 122 valence electrons. The number of benzene rings is 1. The van der Waals surface area contributed by atoms with Gasteiger partial charge >= 0.3 is 0 Å². The van der Waals surface area contributed by atoms with Gasteiger partial charge in [0.25, 0.3) is 5.91 Å². The molecule has 4 heteroatoms. The molecule has 2 atom stereocenters. The van der Waals surface area contributed by atoms with Gasteiger partial charge in [-0.3, -0.25) is 9.78 Å². The van der Waals surface area contributed by atoms with Gasteiger partial charge in [-0.05, 0) is 52.1 Å². The summed E-state index contributed by atoms with van der Waals surface area (Å²) in [7, 11) is 4.17. The fourth-order valence-electron chi connectivity index (χ4n) is 3.57. The number of carbonyl (C=O) groups is 1. The van der Waals surface area contributed by atoms with Crippen molar-refractivity contribution in [3.8, 4) is 0 Å². The van der Waals surface area contributed by atoms with E-state index in [2.05, 4.69) is 50.0 Å². The second-order valence-electron chi connectivity index (χ2n) is 7.04. The van der Waals surface area contributed by atoms with Gasteiger partial charge in [0, 0.05) is 24.5 Å². The minimum atomic E-state index is 0.106. The van der Waals surface area contributed by atoms with Gasteiger partial charge in [0.05, 0.1) is 16.8 Å². The van der Waals surface area contributed by atoms with Crippen molar-refractivity contribution in [1.82, 2.24) is 14.8 Å². The van der Waals surface area contributed by atoms with Crippen molar-refractivity contribution in [2.45, 2.75) is 26.8 Å². The maximum atomic E-state index is 13.0. The molecular formula is C19H25N3O. The number of hydrogen-bond donors (Lipinski definition) is 0. The van der Waals surface area contributed by atoms with Crippen molar-refractivity contribution in [1.29, 1.82) is 0 Å². The molecule has 23 heavy (non-hydrogen) atoms. The predicted octanol–water partition coefficient (Wildman–Crippen LogP) is 2.87. The highest BCUT2D eigenvalue weighted by Gasteiger charge is 2.34. The van der Waals surface area contributed by atoms with Crippen molar-refractivity contribution in [3.63, 3.8) is 0 Å². The number of aryl methyl sites for hydroxylation is 2. The Morgan fingerprint density at radius 1 is 1.22 bits per heavy atom. The van der Waals surface area contributed by atoms with E-state index in [-0.39, 0.29) is 5.91 Å². The number of likely N-dealkylation sites (tertiary alicyclic amines) is 1. The minimum Gasteiger partial charge on any atom is -0.337 e. The summed E-state index contributed by atoms with van der Waals surface area (Å²) in [6.07, 6.45) is 0. The lowest BCUT2D eigenvalue weighted by Gasteiger charge is -2.22. The number of nitrogens with zero attached hydrogens (tertiary/aromatic N) is 3. The van der Waals surface area contributed by atoms with Crippen LogP contribution >= 0.6 is 0 Å². The molecule has 0 radical (unpaired) electrons. The zero-order valence-corrected chi connectivity index (χ0v) is 14.6. The van der Waals surface area contributed by atoms with E-state index in [1.165, 1.54) is 5.56 Å². The number of pyridine rings is 1. The first-order chi connectivity index (χ1) is 10.9. The molecule has 1 aromatic heterocycles. The average molecular weight is 311 g/mol. The van der Waals surface area contributed by atoms with Crippen LogP contribution in [0.4, 0.5) is 0 Å². The van der Waals surface area contributed by atoms with E-state index in [4.69, 9.17) is 0 Å². The van der Waals surface area contributed by atoms with E-state index in [1.54, 1.807) is 0 Å². The van der Waals surface area contributed by atoms with Crippen LogP contribution < -0.4 is 0 Å². The molecule has 2 unspecified atom stereocenters. The maximum Gasteiger partial charge on any atom is 0.255 e. The molecule has 1 aromatic carbocycles. The number of rotatable bonds is 2. The quantitative estimate of drug-likeness (QED) is 0.855. The molecule has 1 fully saturated rings. The molecule has 1 aliphatic heterocycles. The van der Waals surface area contributed by atoms with Gasteiger partial charge in [0.2, 0.25) is 0 Å². The van der Waals surface area contributed by atoms with Gasteiger partial charge in [0.15, 0.2) is 0 Å². The Morgan fingerprint density at radius 3 is 2.61 bits per heavy atom. The van der Waals surface area contributed by atoms with Crippen LogP contribution in [0.1, 0.15) is 28.5 Å². The van der Waals surface area contributed by atoms with Crippen molar-refractivity contribution >= 4 is 16.8 Å². The SMILES string of the molecule is Cc1ccc2nc(C)c(C(=O)N3CC(C)C(N(C)C)C3)cc2c1. The van der Waals surface area contributed by atoms with Crippen LogP contribution in [0, 0.1) is 19.8 Å². The van der Waals surface area contributed by atoms with Gasteiger partial charge in [-0.1, -0.05) is 18.6 Å². The van der Waals surface area contributed by atoms with Gasteiger partial charge in [-0.15, -0.1) is 0 Å². The summed E-state index contributed by atoms with van der Waals surface area (Å²) in [5.41, 5.74) is 3.68. The second kappa shape index (κ2) is 5.93. The Labute approximate surface area is 138 Å². The van der Waals surface area contributed by atoms with Gasteiger partial charge in [0.1, 0.15) is 0 Å². The fourth-order valence-corrected chi connectivity index (χ4v) is 3.57. The van der Waals surface area contributed by atoms with Crippen LogP contribution in [0.15, 0.2) is 24.3 Å². The lowest BCUT2D eigenvalue weighted by Crippen LogP contribution is -2.36. The highest BCUT2D eigenvalue weighted by molar-refractivity contribution is 5.99. The molecule has 2 heterocycles. The van der Waals surface area contributed by atoms with Crippen molar-refractivity contribution < 1.29 is 4.79 Å². The van der Waals surface area contributed by atoms with E-state index < -0.39 is 0 Å². The molecule has 0 saturated carbocycles. The lowest BCUT2D eigenvalue weighted by molar-refractivity contribution is 0.0780. The molecule has 1 amide bonds. The van der Waals surface area contributed by atoms with Crippen LogP contribution in [0.5, 0.6) is 0 Å². The third-order valence-electron chi connectivity index (χ3n) is 4.91. The van der Waals surface area contributed by atoms with Crippen molar-refractivity contribution in [2.75, 3.05) is 27.2 Å². The van der Waals surface area contributed by atoms with Crippen LogP contribution in [-0.4, -0.2) is 53.9 Å². The summed E-state index contributed by atoms with van der Waals surface area (Å²) in [5, 5.41) is 1.04. The Hall–Kier alpha value is -1.94. The Bertz CT molecular complexity index is 754. The third-order valence-corrected chi connectivity index (χ3v) is 4.91. The molecule has 1 aliphatic rings. The smallest absolute Gasteiger partial charge is 0.255 e. The number of carbonyl (C=O) groups excluding carboxylic acids is 1. The molecule has 0 spiro atoms. The highest BCUT2D eigenvalue weighted by Crippen LogP contribution is 2.24. The first kappa shape index (κ1) is 15.9. The van der Waals surface area contributed by atoms with E-state index in [9.17, 15) is 4.79 Å². The molecule has 3 rings (SSSR count). The number of amides is 1. The number of aromatic nitrogens is 1. The summed E-state index contributed by atoms with van der Waals surface area (Å²) < 4.78 is 0. The van der Waals surface area contributed by atoms with Gasteiger partial charge in [-0.2, -0.15) is 0 Å². The number of hydrogen-bond acceptors (Lipinski definition) is 3. The minimum absolute atomic E-state index is 0.106. The Morgan fingerprint density at radius 2 is 1.96 bits per heavy atom. The predicted molar refractivity (Wildman–Crippen MR) is 93.8 cm³/mol. The molecule has 4 nitrogen and oxygen atoms in total. The number of fused-ring (bicyclic) bond motifs is 1. The van der Waals surface area contributed by atoms with Crippen molar-refractivity contribution in [3.05, 3.63) is 41.1 Å². The van der Waals surface area contributed by atoms with Crippen molar-refractivity contribution in [2.24, 2.45) is 5.92 Å². The summed E-state index contributed by atoms with van der Waals surface area (Å²) in [6.45, 7) is 7.80. The zero-order valence-electron chi connectivity index (χ0n) is 14.6. The van der Waals surface area contributed by atoms with Crippen LogP contribution in [-0.2, 0) is 0 Å². The van der Waals surface area contributed by atoms with Crippen LogP contribution in [0.3, 0.4) is 0 Å². The summed E-state index contributed by atoms with van der Waals surface area (Å²) in [5.74, 6) is 0.597.